The molecule has 1 aliphatic heterocycles. The maximum absolute atomic E-state index is 12.4. The number of hydrogen-bond acceptors (Lipinski definition) is 3. The van der Waals surface area contributed by atoms with Crippen LogP contribution in [0.15, 0.2) is 0 Å². The summed E-state index contributed by atoms with van der Waals surface area (Å²) < 4.78 is 0. The summed E-state index contributed by atoms with van der Waals surface area (Å²) in [4.78, 5) is 25.1. The molecule has 6 heteroatoms. The zero-order chi connectivity index (χ0) is 13.4. The van der Waals surface area contributed by atoms with Crippen LogP contribution < -0.4 is 0 Å². The summed E-state index contributed by atoms with van der Waals surface area (Å²) >= 11 is 0. The van der Waals surface area contributed by atoms with Crippen molar-refractivity contribution in [1.82, 2.24) is 15.1 Å². The van der Waals surface area contributed by atoms with E-state index in [-0.39, 0.29) is 11.9 Å². The van der Waals surface area contributed by atoms with Gasteiger partial charge in [-0.2, -0.15) is 5.10 Å². The fourth-order valence-corrected chi connectivity index (χ4v) is 2.57. The van der Waals surface area contributed by atoms with Gasteiger partial charge in [0, 0.05) is 18.3 Å². The fourth-order valence-electron chi connectivity index (χ4n) is 2.57. The number of aromatic amines is 1. The van der Waals surface area contributed by atoms with Crippen LogP contribution in [-0.4, -0.2) is 44.7 Å². The van der Waals surface area contributed by atoms with E-state index >= 15 is 0 Å². The standard InChI is InChI=1S/C12H17N3O3/c1-6-10(7(2)14-13-6)11(16)15-5-4-9(8(15)3)12(17)18/h8-9H,4-5H2,1-3H3,(H,13,14)(H,17,18). The Morgan fingerprint density at radius 1 is 1.44 bits per heavy atom. The topological polar surface area (TPSA) is 86.3 Å². The van der Waals surface area contributed by atoms with E-state index in [0.29, 0.717) is 24.2 Å². The van der Waals surface area contributed by atoms with Gasteiger partial charge in [-0.1, -0.05) is 0 Å². The lowest BCUT2D eigenvalue weighted by Crippen LogP contribution is -2.38. The van der Waals surface area contributed by atoms with E-state index in [1.165, 1.54) is 0 Å². The molecule has 2 atom stereocenters. The molecule has 2 N–H and O–H groups in total. The molecule has 6 nitrogen and oxygen atoms in total. The summed E-state index contributed by atoms with van der Waals surface area (Å²) in [6, 6.07) is -0.274. The minimum Gasteiger partial charge on any atom is -0.481 e. The molecule has 0 saturated carbocycles. The van der Waals surface area contributed by atoms with Crippen molar-refractivity contribution in [3.8, 4) is 0 Å². The van der Waals surface area contributed by atoms with Crippen molar-refractivity contribution < 1.29 is 14.7 Å². The van der Waals surface area contributed by atoms with Gasteiger partial charge < -0.3 is 10.0 Å². The lowest BCUT2D eigenvalue weighted by molar-refractivity contribution is -0.142. The van der Waals surface area contributed by atoms with Crippen LogP contribution in [0.5, 0.6) is 0 Å². The lowest BCUT2D eigenvalue weighted by Gasteiger charge is -2.23. The third-order valence-corrected chi connectivity index (χ3v) is 3.67. The van der Waals surface area contributed by atoms with Crippen molar-refractivity contribution in [2.24, 2.45) is 5.92 Å². The zero-order valence-electron chi connectivity index (χ0n) is 10.7. The van der Waals surface area contributed by atoms with Crippen LogP contribution in [0.4, 0.5) is 0 Å². The van der Waals surface area contributed by atoms with Gasteiger partial charge in [0.1, 0.15) is 0 Å². The molecule has 0 radical (unpaired) electrons. The molecule has 0 aromatic carbocycles. The van der Waals surface area contributed by atoms with Gasteiger partial charge in [-0.3, -0.25) is 14.7 Å². The van der Waals surface area contributed by atoms with E-state index in [1.54, 1.807) is 25.7 Å². The highest BCUT2D eigenvalue weighted by atomic mass is 16.4. The van der Waals surface area contributed by atoms with Gasteiger partial charge in [0.25, 0.3) is 5.91 Å². The van der Waals surface area contributed by atoms with Gasteiger partial charge >= 0.3 is 5.97 Å². The molecule has 2 heterocycles. The summed E-state index contributed by atoms with van der Waals surface area (Å²) in [5, 5.41) is 15.8. The van der Waals surface area contributed by atoms with E-state index in [4.69, 9.17) is 5.11 Å². The first-order chi connectivity index (χ1) is 8.43. The number of rotatable bonds is 2. The monoisotopic (exact) mass is 251 g/mol. The second kappa shape index (κ2) is 4.44. The Morgan fingerprint density at radius 3 is 2.56 bits per heavy atom. The van der Waals surface area contributed by atoms with Crippen molar-refractivity contribution in [2.45, 2.75) is 33.2 Å². The fraction of sp³-hybridized carbons (Fsp3) is 0.583. The number of nitrogens with one attached hydrogen (secondary N) is 1. The summed E-state index contributed by atoms with van der Waals surface area (Å²) in [6.07, 6.45) is 0.512. The molecule has 1 aromatic rings. The van der Waals surface area contributed by atoms with Crippen molar-refractivity contribution in [2.75, 3.05) is 6.54 Å². The van der Waals surface area contributed by atoms with Crippen LogP contribution in [0.3, 0.4) is 0 Å². The van der Waals surface area contributed by atoms with E-state index < -0.39 is 11.9 Å². The Hall–Kier alpha value is -1.85. The average molecular weight is 251 g/mol. The Labute approximate surface area is 105 Å². The number of aliphatic carboxylic acids is 1. The molecule has 1 fully saturated rings. The number of likely N-dealkylation sites (tertiary alicyclic amines) is 1. The summed E-state index contributed by atoms with van der Waals surface area (Å²) in [5.74, 6) is -1.44. The van der Waals surface area contributed by atoms with Gasteiger partial charge in [-0.15, -0.1) is 0 Å². The van der Waals surface area contributed by atoms with Crippen LogP contribution >= 0.6 is 0 Å². The molecule has 18 heavy (non-hydrogen) atoms. The Morgan fingerprint density at radius 2 is 2.11 bits per heavy atom. The number of aromatic nitrogens is 2. The first-order valence-corrected chi connectivity index (χ1v) is 5.98. The van der Waals surface area contributed by atoms with Gasteiger partial charge in [0.05, 0.1) is 17.2 Å². The molecular formula is C12H17N3O3. The molecule has 2 unspecified atom stereocenters. The molecule has 1 amide bonds. The van der Waals surface area contributed by atoms with Crippen molar-refractivity contribution in [3.05, 3.63) is 17.0 Å². The number of aryl methyl sites for hydroxylation is 2. The van der Waals surface area contributed by atoms with Gasteiger partial charge in [-0.25, -0.2) is 0 Å². The third-order valence-electron chi connectivity index (χ3n) is 3.67. The largest absolute Gasteiger partial charge is 0.481 e. The number of carboxylic acids is 1. The molecule has 98 valence electrons. The second-order valence-electron chi connectivity index (χ2n) is 4.78. The second-order valence-corrected chi connectivity index (χ2v) is 4.78. The maximum Gasteiger partial charge on any atom is 0.308 e. The number of carbonyl (C=O) groups is 2. The summed E-state index contributed by atoms with van der Waals surface area (Å²) in [6.45, 7) is 5.84. The molecule has 0 aliphatic carbocycles. The molecular weight excluding hydrogens is 234 g/mol. The quantitative estimate of drug-likeness (QED) is 0.819. The minimum atomic E-state index is -0.835. The van der Waals surface area contributed by atoms with Crippen molar-refractivity contribution in [3.63, 3.8) is 0 Å². The Balaban J connectivity index is 2.24. The Kier molecular flexibility index (Phi) is 3.11. The number of nitrogens with zero attached hydrogens (tertiary/aromatic N) is 2. The van der Waals surface area contributed by atoms with Crippen molar-refractivity contribution in [1.29, 1.82) is 0 Å². The summed E-state index contributed by atoms with van der Waals surface area (Å²) in [7, 11) is 0. The Bertz CT molecular complexity index is 475. The molecule has 0 spiro atoms. The number of carboxylic acid groups (broad SMARTS) is 1. The predicted molar refractivity (Wildman–Crippen MR) is 64.3 cm³/mol. The lowest BCUT2D eigenvalue weighted by atomic mass is 10.0. The first kappa shape index (κ1) is 12.6. The van der Waals surface area contributed by atoms with Crippen molar-refractivity contribution >= 4 is 11.9 Å². The van der Waals surface area contributed by atoms with E-state index in [0.717, 1.165) is 5.69 Å². The number of hydrogen-bond donors (Lipinski definition) is 2. The number of carbonyl (C=O) groups excluding carboxylic acids is 1. The van der Waals surface area contributed by atoms with E-state index in [9.17, 15) is 9.59 Å². The molecule has 1 aromatic heterocycles. The minimum absolute atomic E-state index is 0.130. The zero-order valence-corrected chi connectivity index (χ0v) is 10.7. The third kappa shape index (κ3) is 1.87. The van der Waals surface area contributed by atoms with Gasteiger partial charge in [0.2, 0.25) is 0 Å². The molecule has 0 bridgehead atoms. The average Bonchev–Trinajstić information content (AvgIpc) is 2.82. The van der Waals surface area contributed by atoms with Crippen LogP contribution in [0.2, 0.25) is 0 Å². The highest BCUT2D eigenvalue weighted by Crippen LogP contribution is 2.27. The van der Waals surface area contributed by atoms with Gasteiger partial charge in [0.15, 0.2) is 0 Å². The first-order valence-electron chi connectivity index (χ1n) is 5.98. The van der Waals surface area contributed by atoms with E-state index in [2.05, 4.69) is 10.2 Å². The maximum atomic E-state index is 12.4. The molecule has 1 aliphatic rings. The van der Waals surface area contributed by atoms with Crippen LogP contribution in [0.1, 0.15) is 35.1 Å². The summed E-state index contributed by atoms with van der Waals surface area (Å²) in [5.41, 5.74) is 1.94. The van der Waals surface area contributed by atoms with Gasteiger partial charge in [-0.05, 0) is 27.2 Å². The number of amides is 1. The highest BCUT2D eigenvalue weighted by molar-refractivity contribution is 5.97. The normalized spacial score (nSPS) is 23.4. The number of H-pyrrole nitrogens is 1. The highest BCUT2D eigenvalue weighted by Gasteiger charge is 2.39. The van der Waals surface area contributed by atoms with Crippen LogP contribution in [-0.2, 0) is 4.79 Å². The molecule has 2 rings (SSSR count). The SMILES string of the molecule is Cc1n[nH]c(C)c1C(=O)N1CCC(C(=O)O)C1C. The van der Waals surface area contributed by atoms with E-state index in [1.807, 2.05) is 0 Å². The smallest absolute Gasteiger partial charge is 0.308 e. The molecule has 1 saturated heterocycles. The van der Waals surface area contributed by atoms with Crippen LogP contribution in [0.25, 0.3) is 0 Å². The predicted octanol–water partition coefficient (Wildman–Crippen LogP) is 0.962. The van der Waals surface area contributed by atoms with Crippen LogP contribution in [0, 0.1) is 19.8 Å².